The summed E-state index contributed by atoms with van der Waals surface area (Å²) in [4.78, 5) is 34.3. The largest absolute Gasteiger partial charge is 0.309 e. The molecule has 0 aliphatic heterocycles. The highest BCUT2D eigenvalue weighted by Crippen LogP contribution is 2.43. The molecule has 0 spiro atoms. The Kier molecular flexibility index (Phi) is 9.60. The minimum absolute atomic E-state index is 0.483. The van der Waals surface area contributed by atoms with Crippen molar-refractivity contribution in [1.82, 2.24) is 34.5 Å². The molecule has 8 heteroatoms. The van der Waals surface area contributed by atoms with Crippen molar-refractivity contribution in [3.63, 3.8) is 0 Å². The highest BCUT2D eigenvalue weighted by Gasteiger charge is 2.22. The van der Waals surface area contributed by atoms with Crippen molar-refractivity contribution in [3.05, 3.63) is 217 Å². The van der Waals surface area contributed by atoms with E-state index in [0.29, 0.717) is 40.6 Å². The van der Waals surface area contributed by atoms with Crippen molar-refractivity contribution in [3.8, 4) is 85.1 Å². The summed E-state index contributed by atoms with van der Waals surface area (Å²) in [6, 6.07) is 67.0. The predicted octanol–water partition coefficient (Wildman–Crippen LogP) is 13.7. The van der Waals surface area contributed by atoms with Gasteiger partial charge in [0.2, 0.25) is 0 Å². The zero-order chi connectivity index (χ0) is 43.0. The number of para-hydroxylation sites is 1. The first-order chi connectivity index (χ1) is 31.6. The van der Waals surface area contributed by atoms with Gasteiger partial charge < -0.3 is 4.57 Å². The molecule has 0 N–H and O–H groups in total. The molecule has 0 saturated heterocycles. The van der Waals surface area contributed by atoms with Crippen LogP contribution in [0.1, 0.15) is 5.56 Å². The zero-order valence-corrected chi connectivity index (χ0v) is 34.6. The van der Waals surface area contributed by atoms with E-state index in [2.05, 4.69) is 77.0 Å². The van der Waals surface area contributed by atoms with Crippen LogP contribution in [0.5, 0.6) is 0 Å². The number of nitrogens with zero attached hydrogens (tertiary/aromatic N) is 8. The van der Waals surface area contributed by atoms with E-state index in [4.69, 9.17) is 36.5 Å². The lowest BCUT2D eigenvalue weighted by Gasteiger charge is -2.14. The summed E-state index contributed by atoms with van der Waals surface area (Å²) >= 11 is 0. The summed E-state index contributed by atoms with van der Waals surface area (Å²) in [6.07, 6.45) is 0. The van der Waals surface area contributed by atoms with Gasteiger partial charge in [0.1, 0.15) is 0 Å². The fourth-order valence-electron chi connectivity index (χ4n) is 8.38. The lowest BCUT2D eigenvalue weighted by Crippen LogP contribution is -2.01. The predicted molar refractivity (Wildman–Crippen MR) is 257 cm³/mol. The monoisotopic (exact) mass is 820 g/mol. The average molecular weight is 821 g/mol. The van der Waals surface area contributed by atoms with E-state index in [1.54, 1.807) is 0 Å². The quantitative estimate of drug-likeness (QED) is 0.142. The minimum Gasteiger partial charge on any atom is -0.309 e. The van der Waals surface area contributed by atoms with Crippen molar-refractivity contribution in [2.75, 3.05) is 0 Å². The van der Waals surface area contributed by atoms with E-state index in [9.17, 15) is 0 Å². The van der Waals surface area contributed by atoms with Crippen LogP contribution < -0.4 is 0 Å². The molecule has 0 aliphatic carbocycles. The highest BCUT2D eigenvalue weighted by atomic mass is 15.0. The van der Waals surface area contributed by atoms with Crippen molar-refractivity contribution >= 4 is 27.5 Å². The van der Waals surface area contributed by atoms with Crippen LogP contribution in [0.25, 0.3) is 112 Å². The fourth-order valence-corrected chi connectivity index (χ4v) is 8.38. The summed E-state index contributed by atoms with van der Waals surface area (Å²) in [7, 11) is 0. The number of fused-ring (bicyclic) bond motifs is 3. The normalized spacial score (nSPS) is 11.2. The summed E-state index contributed by atoms with van der Waals surface area (Å²) in [5, 5.41) is 2.02. The Labute approximate surface area is 369 Å². The molecule has 11 aromatic rings. The highest BCUT2D eigenvalue weighted by molar-refractivity contribution is 6.12. The molecular weight excluding hydrogens is 785 g/mol. The molecule has 0 unspecified atom stereocenters. The molecule has 0 amide bonds. The van der Waals surface area contributed by atoms with Crippen molar-refractivity contribution in [2.24, 2.45) is 0 Å². The zero-order valence-electron chi connectivity index (χ0n) is 34.6. The van der Waals surface area contributed by atoms with Crippen LogP contribution in [0.2, 0.25) is 0 Å². The second-order valence-electron chi connectivity index (χ2n) is 15.5. The van der Waals surface area contributed by atoms with Crippen molar-refractivity contribution in [1.29, 1.82) is 0 Å². The Balaban J connectivity index is 1.14. The molecule has 11 rings (SSSR count). The van der Waals surface area contributed by atoms with E-state index < -0.39 is 0 Å². The van der Waals surface area contributed by atoms with E-state index >= 15 is 0 Å². The molecule has 64 heavy (non-hydrogen) atoms. The van der Waals surface area contributed by atoms with Crippen LogP contribution in [0.3, 0.4) is 0 Å². The smallest absolute Gasteiger partial charge is 0.195 e. The molecule has 8 nitrogen and oxygen atoms in total. The van der Waals surface area contributed by atoms with E-state index in [0.717, 1.165) is 77.6 Å². The van der Waals surface area contributed by atoms with Gasteiger partial charge in [0, 0.05) is 49.8 Å². The third-order valence-corrected chi connectivity index (χ3v) is 11.5. The second kappa shape index (κ2) is 16.2. The Bertz CT molecular complexity index is 3450. The lowest BCUT2D eigenvalue weighted by atomic mass is 9.95. The molecule has 3 aromatic heterocycles. The van der Waals surface area contributed by atoms with Gasteiger partial charge in [-0.05, 0) is 60.0 Å². The molecular formula is C56H36N8. The van der Waals surface area contributed by atoms with Gasteiger partial charge in [0.15, 0.2) is 40.6 Å². The SMILES string of the molecule is [C-]#[N+]c1cccc(-c2nc(-c3ccccc3)nc(-c3ccccc3)n2)c1-c1ccc2c(c1)c1cc(-c3nc(-c4ccccc4)nc(-c4ccccc4)n3)ccc1n2-c1ccccc1C. The van der Waals surface area contributed by atoms with Gasteiger partial charge in [-0.15, -0.1) is 0 Å². The molecule has 300 valence electrons. The molecule has 0 bridgehead atoms. The van der Waals surface area contributed by atoms with Crippen LogP contribution in [-0.4, -0.2) is 34.5 Å². The summed E-state index contributed by atoms with van der Waals surface area (Å²) in [5.74, 6) is 3.36. The van der Waals surface area contributed by atoms with Gasteiger partial charge in [0.05, 0.1) is 17.6 Å². The maximum Gasteiger partial charge on any atom is 0.195 e. The van der Waals surface area contributed by atoms with Crippen LogP contribution >= 0.6 is 0 Å². The third kappa shape index (κ3) is 6.93. The molecule has 0 saturated carbocycles. The first-order valence-electron chi connectivity index (χ1n) is 21.0. The summed E-state index contributed by atoms with van der Waals surface area (Å²) < 4.78 is 2.32. The third-order valence-electron chi connectivity index (χ3n) is 11.5. The van der Waals surface area contributed by atoms with Crippen molar-refractivity contribution in [2.45, 2.75) is 6.92 Å². The van der Waals surface area contributed by atoms with E-state index in [1.165, 1.54) is 0 Å². The molecule has 8 aromatic carbocycles. The van der Waals surface area contributed by atoms with Gasteiger partial charge in [-0.3, -0.25) is 0 Å². The summed E-state index contributed by atoms with van der Waals surface area (Å²) in [5.41, 5.74) is 11.5. The van der Waals surface area contributed by atoms with Crippen LogP contribution in [0.15, 0.2) is 200 Å². The number of benzene rings is 8. The molecule has 0 radical (unpaired) electrons. The van der Waals surface area contributed by atoms with Crippen LogP contribution in [0, 0.1) is 13.5 Å². The number of aryl methyl sites for hydroxylation is 1. The average Bonchev–Trinajstić information content (AvgIpc) is 3.69. The van der Waals surface area contributed by atoms with Gasteiger partial charge in [-0.1, -0.05) is 164 Å². The Morgan fingerprint density at radius 1 is 0.375 bits per heavy atom. The number of hydrogen-bond acceptors (Lipinski definition) is 6. The number of aromatic nitrogens is 7. The van der Waals surface area contributed by atoms with Gasteiger partial charge in [0.25, 0.3) is 0 Å². The lowest BCUT2D eigenvalue weighted by molar-refractivity contribution is 1.07. The number of rotatable bonds is 8. The Morgan fingerprint density at radius 3 is 1.25 bits per heavy atom. The first-order valence-corrected chi connectivity index (χ1v) is 21.0. The van der Waals surface area contributed by atoms with Crippen molar-refractivity contribution < 1.29 is 0 Å². The van der Waals surface area contributed by atoms with E-state index in [1.807, 2.05) is 140 Å². The fraction of sp³-hybridized carbons (Fsp3) is 0.0179. The standard InChI is InChI=1S/C56H36N8/c1-36-18-15-16-29-47(36)64-48-32-30-41(50-43(27-17-28-46(50)57-2)56-62-53(39-23-11-5-12-24-39)59-54(63-56)40-25-13-6-14-26-40)34-44(48)45-35-42(31-33-49(45)64)55-60-51(37-19-7-3-8-20-37)58-52(61-55)38-21-9-4-10-22-38/h3-35H,1H3. The summed E-state index contributed by atoms with van der Waals surface area (Å²) in [6.45, 7) is 10.5. The van der Waals surface area contributed by atoms with Gasteiger partial charge in [-0.2, -0.15) is 0 Å². The molecule has 3 heterocycles. The Hall–Kier alpha value is -8.93. The van der Waals surface area contributed by atoms with Crippen LogP contribution in [0.4, 0.5) is 5.69 Å². The van der Waals surface area contributed by atoms with Gasteiger partial charge >= 0.3 is 0 Å². The van der Waals surface area contributed by atoms with Gasteiger partial charge in [-0.25, -0.2) is 34.7 Å². The molecule has 0 atom stereocenters. The minimum atomic E-state index is 0.483. The Morgan fingerprint density at radius 2 is 0.781 bits per heavy atom. The number of hydrogen-bond donors (Lipinski definition) is 0. The second-order valence-corrected chi connectivity index (χ2v) is 15.5. The molecule has 0 fully saturated rings. The maximum atomic E-state index is 8.41. The van der Waals surface area contributed by atoms with Crippen LogP contribution in [-0.2, 0) is 0 Å². The maximum absolute atomic E-state index is 8.41. The van der Waals surface area contributed by atoms with E-state index in [-0.39, 0.29) is 0 Å². The molecule has 0 aliphatic rings. The topological polar surface area (TPSA) is 86.6 Å². The first kappa shape index (κ1) is 38.0.